The van der Waals surface area contributed by atoms with Gasteiger partial charge in [-0.2, -0.15) is 0 Å². The maximum Gasteiger partial charge on any atom is 0.231 e. The summed E-state index contributed by atoms with van der Waals surface area (Å²) in [5, 5.41) is 0. The summed E-state index contributed by atoms with van der Waals surface area (Å²) in [6.07, 6.45) is 1.90. The molecule has 1 aliphatic heterocycles. The molecule has 0 unspecified atom stereocenters. The zero-order valence-corrected chi connectivity index (χ0v) is 13.1. The van der Waals surface area contributed by atoms with Gasteiger partial charge in [0.2, 0.25) is 6.79 Å². The fraction of sp³-hybridized carbons (Fsp3) is 0.0952. The van der Waals surface area contributed by atoms with Crippen LogP contribution in [0.5, 0.6) is 11.5 Å². The van der Waals surface area contributed by atoms with Crippen LogP contribution in [-0.2, 0) is 0 Å². The quantitative estimate of drug-likeness (QED) is 0.658. The van der Waals surface area contributed by atoms with E-state index in [0.717, 1.165) is 17.1 Å². The van der Waals surface area contributed by atoms with E-state index in [2.05, 4.69) is 24.3 Å². The summed E-state index contributed by atoms with van der Waals surface area (Å²) in [6, 6.07) is 26.5. The lowest BCUT2D eigenvalue weighted by molar-refractivity contribution is 0.174. The lowest BCUT2D eigenvalue weighted by Crippen LogP contribution is -1.98. The molecule has 4 rings (SSSR count). The molecule has 0 spiro atoms. The number of benzene rings is 3. The van der Waals surface area contributed by atoms with Crippen molar-refractivity contribution in [1.82, 2.24) is 0 Å². The van der Waals surface area contributed by atoms with Gasteiger partial charge in [-0.05, 0) is 34.9 Å². The highest BCUT2D eigenvalue weighted by atomic mass is 16.7. The molecule has 0 aliphatic carbocycles. The Morgan fingerprint density at radius 2 is 1.38 bits per heavy atom. The molecule has 0 atom stereocenters. The number of hydrogen-bond donors (Lipinski definition) is 0. The summed E-state index contributed by atoms with van der Waals surface area (Å²) >= 11 is 0. The first kappa shape index (κ1) is 14.5. The Morgan fingerprint density at radius 3 is 2.04 bits per heavy atom. The van der Waals surface area contributed by atoms with Crippen LogP contribution in [0.2, 0.25) is 0 Å². The summed E-state index contributed by atoms with van der Waals surface area (Å²) in [5.74, 6) is 1.56. The molecule has 3 nitrogen and oxygen atoms in total. The van der Waals surface area contributed by atoms with Crippen molar-refractivity contribution in [2.75, 3.05) is 6.79 Å². The Kier molecular flexibility index (Phi) is 3.98. The van der Waals surface area contributed by atoms with Gasteiger partial charge in [-0.25, -0.2) is 0 Å². The summed E-state index contributed by atoms with van der Waals surface area (Å²) < 4.78 is 10.8. The van der Waals surface area contributed by atoms with Crippen molar-refractivity contribution in [1.29, 1.82) is 0 Å². The Bertz CT molecular complexity index is 805. The minimum absolute atomic E-state index is 0.0298. The molecule has 0 saturated carbocycles. The van der Waals surface area contributed by atoms with Crippen LogP contribution in [0.25, 0.3) is 0 Å². The van der Waals surface area contributed by atoms with Crippen molar-refractivity contribution >= 4 is 6.21 Å². The summed E-state index contributed by atoms with van der Waals surface area (Å²) in [7, 11) is 0. The molecule has 3 heteroatoms. The van der Waals surface area contributed by atoms with Crippen LogP contribution in [-0.4, -0.2) is 13.0 Å². The number of aliphatic imine (C=N–C) groups is 1. The zero-order chi connectivity index (χ0) is 16.2. The minimum atomic E-state index is -0.0298. The van der Waals surface area contributed by atoms with E-state index in [1.54, 1.807) is 0 Å². The van der Waals surface area contributed by atoms with Gasteiger partial charge in [0.25, 0.3) is 0 Å². The lowest BCUT2D eigenvalue weighted by Gasteiger charge is -2.13. The predicted molar refractivity (Wildman–Crippen MR) is 94.9 cm³/mol. The van der Waals surface area contributed by atoms with Crippen molar-refractivity contribution in [3.8, 4) is 11.5 Å². The number of nitrogens with zero attached hydrogens (tertiary/aromatic N) is 1. The van der Waals surface area contributed by atoms with Crippen molar-refractivity contribution in [3.63, 3.8) is 0 Å². The standard InChI is InChI=1S/C21H17NO2/c1-3-7-17(8-4-1)21(18-9-5-2-6-10-18)22-14-16-11-12-19-20(13-16)24-15-23-19/h1-14,21H,15H2. The van der Waals surface area contributed by atoms with Crippen LogP contribution in [0.3, 0.4) is 0 Å². The van der Waals surface area contributed by atoms with Crippen LogP contribution in [0.4, 0.5) is 0 Å². The number of hydrogen-bond acceptors (Lipinski definition) is 3. The van der Waals surface area contributed by atoms with E-state index in [1.807, 2.05) is 60.8 Å². The molecule has 0 saturated heterocycles. The van der Waals surface area contributed by atoms with Gasteiger partial charge >= 0.3 is 0 Å². The molecular weight excluding hydrogens is 298 g/mol. The van der Waals surface area contributed by atoms with Gasteiger partial charge in [-0.3, -0.25) is 4.99 Å². The maximum absolute atomic E-state index is 5.43. The van der Waals surface area contributed by atoms with E-state index in [-0.39, 0.29) is 12.8 Å². The van der Waals surface area contributed by atoms with Gasteiger partial charge in [-0.15, -0.1) is 0 Å². The smallest absolute Gasteiger partial charge is 0.231 e. The third-order valence-corrected chi connectivity index (χ3v) is 4.00. The second kappa shape index (κ2) is 6.59. The zero-order valence-electron chi connectivity index (χ0n) is 13.1. The van der Waals surface area contributed by atoms with E-state index >= 15 is 0 Å². The number of ether oxygens (including phenoxy) is 2. The third kappa shape index (κ3) is 3.01. The third-order valence-electron chi connectivity index (χ3n) is 4.00. The molecule has 24 heavy (non-hydrogen) atoms. The lowest BCUT2D eigenvalue weighted by atomic mass is 9.99. The predicted octanol–water partition coefficient (Wildman–Crippen LogP) is 4.62. The fourth-order valence-corrected chi connectivity index (χ4v) is 2.79. The van der Waals surface area contributed by atoms with E-state index in [9.17, 15) is 0 Å². The molecule has 0 bridgehead atoms. The molecule has 0 radical (unpaired) electrons. The molecular formula is C21H17NO2. The summed E-state index contributed by atoms with van der Waals surface area (Å²) in [5.41, 5.74) is 3.33. The SMILES string of the molecule is C(=NC(c1ccccc1)c1ccccc1)c1ccc2c(c1)OCO2. The normalized spacial score (nSPS) is 12.9. The molecule has 1 heterocycles. The molecule has 1 aliphatic rings. The first-order valence-corrected chi connectivity index (χ1v) is 7.93. The highest BCUT2D eigenvalue weighted by Gasteiger charge is 2.14. The van der Waals surface area contributed by atoms with Gasteiger partial charge in [0.05, 0.1) is 6.04 Å². The monoisotopic (exact) mass is 315 g/mol. The van der Waals surface area contributed by atoms with Gasteiger partial charge in [0, 0.05) is 6.21 Å². The molecule has 0 fully saturated rings. The molecule has 0 N–H and O–H groups in total. The first-order valence-electron chi connectivity index (χ1n) is 7.93. The van der Waals surface area contributed by atoms with Crippen LogP contribution < -0.4 is 9.47 Å². The minimum Gasteiger partial charge on any atom is -0.454 e. The first-order chi connectivity index (χ1) is 11.9. The maximum atomic E-state index is 5.43. The summed E-state index contributed by atoms with van der Waals surface area (Å²) in [6.45, 7) is 0.284. The Balaban J connectivity index is 1.67. The van der Waals surface area contributed by atoms with Crippen molar-refractivity contribution in [2.45, 2.75) is 6.04 Å². The van der Waals surface area contributed by atoms with Gasteiger partial charge in [0.1, 0.15) is 0 Å². The van der Waals surface area contributed by atoms with E-state index < -0.39 is 0 Å². The van der Waals surface area contributed by atoms with E-state index in [4.69, 9.17) is 14.5 Å². The fourth-order valence-electron chi connectivity index (χ4n) is 2.79. The summed E-state index contributed by atoms with van der Waals surface area (Å²) in [4.78, 5) is 4.84. The molecule has 3 aromatic carbocycles. The van der Waals surface area contributed by atoms with Crippen LogP contribution in [0.1, 0.15) is 22.7 Å². The topological polar surface area (TPSA) is 30.8 Å². The number of rotatable bonds is 4. The highest BCUT2D eigenvalue weighted by Crippen LogP contribution is 2.32. The second-order valence-corrected chi connectivity index (χ2v) is 5.61. The molecule has 0 amide bonds. The van der Waals surface area contributed by atoms with Crippen LogP contribution >= 0.6 is 0 Å². The average Bonchev–Trinajstić information content (AvgIpc) is 3.11. The van der Waals surface area contributed by atoms with Gasteiger partial charge in [0.15, 0.2) is 11.5 Å². The van der Waals surface area contributed by atoms with E-state index in [0.29, 0.717) is 0 Å². The highest BCUT2D eigenvalue weighted by molar-refractivity contribution is 5.81. The molecule has 3 aromatic rings. The van der Waals surface area contributed by atoms with Gasteiger partial charge in [-0.1, -0.05) is 60.7 Å². The van der Waals surface area contributed by atoms with Crippen molar-refractivity contribution in [2.24, 2.45) is 4.99 Å². The second-order valence-electron chi connectivity index (χ2n) is 5.61. The van der Waals surface area contributed by atoms with Crippen molar-refractivity contribution < 1.29 is 9.47 Å². The molecule has 0 aromatic heterocycles. The largest absolute Gasteiger partial charge is 0.454 e. The van der Waals surface area contributed by atoms with Gasteiger partial charge < -0.3 is 9.47 Å². The van der Waals surface area contributed by atoms with E-state index in [1.165, 1.54) is 11.1 Å². The van der Waals surface area contributed by atoms with Crippen molar-refractivity contribution in [3.05, 3.63) is 95.6 Å². The Hall–Kier alpha value is -3.07. The molecule has 118 valence electrons. The average molecular weight is 315 g/mol. The van der Waals surface area contributed by atoms with Crippen LogP contribution in [0.15, 0.2) is 83.9 Å². The Labute approximate surface area is 141 Å². The Morgan fingerprint density at radius 1 is 0.750 bits per heavy atom. The number of fused-ring (bicyclic) bond motifs is 1. The van der Waals surface area contributed by atoms with Crippen LogP contribution in [0, 0.1) is 0 Å².